The van der Waals surface area contributed by atoms with Crippen molar-refractivity contribution >= 4 is 7.94 Å². The first-order chi connectivity index (χ1) is 8.06. The van der Waals surface area contributed by atoms with Crippen molar-refractivity contribution in [2.45, 2.75) is 77.6 Å². The molecule has 0 spiro atoms. The minimum absolute atomic E-state index is 0.198. The van der Waals surface area contributed by atoms with E-state index in [9.17, 15) is 0 Å². The molecule has 0 radical (unpaired) electrons. The quantitative estimate of drug-likeness (QED) is 0.372. The predicted octanol–water partition coefficient (Wildman–Crippen LogP) is 3.77. The van der Waals surface area contributed by atoms with Gasteiger partial charge in [-0.25, -0.2) is 0 Å². The van der Waals surface area contributed by atoms with Crippen LogP contribution in [-0.4, -0.2) is 20.8 Å². The average molecular weight is 266 g/mol. The summed E-state index contributed by atoms with van der Waals surface area (Å²) >= 11 is 0. The molecule has 17 heavy (non-hydrogen) atoms. The topological polar surface area (TPSA) is 60.7 Å². The van der Waals surface area contributed by atoms with Crippen molar-refractivity contribution < 1.29 is 14.7 Å². The van der Waals surface area contributed by atoms with Crippen molar-refractivity contribution in [2.75, 3.05) is 6.16 Å². The third kappa shape index (κ3) is 16.3. The maximum atomic E-state index is 8.81. The fourth-order valence-electron chi connectivity index (χ4n) is 2.03. The summed E-state index contributed by atoms with van der Waals surface area (Å²) in [5, 5.41) is 0. The van der Waals surface area contributed by atoms with Gasteiger partial charge >= 0.3 is 99.4 Å². The summed E-state index contributed by atoms with van der Waals surface area (Å²) in [6.45, 7) is 2.24. The molecule has 0 saturated heterocycles. The number of hydrogen-bond donors (Lipinski definition) is 3. The average Bonchev–Trinajstić information content (AvgIpc) is 2.24. The Balaban J connectivity index is 2.99. The van der Waals surface area contributed by atoms with Gasteiger partial charge in [0.05, 0.1) is 0 Å². The van der Waals surface area contributed by atoms with Gasteiger partial charge in [0.25, 0.3) is 0 Å². The zero-order chi connectivity index (χ0) is 13.0. The van der Waals surface area contributed by atoms with Gasteiger partial charge in [0.2, 0.25) is 0 Å². The van der Waals surface area contributed by atoms with Crippen molar-refractivity contribution in [1.29, 1.82) is 0 Å². The van der Waals surface area contributed by atoms with Gasteiger partial charge in [-0.1, -0.05) is 6.92 Å². The standard InChI is InChI=1S/C13H31O3P/c1-2-3-4-5-6-7-8-9-10-11-12-13-17(14,15)16/h14-17H,2-13H2,1H3. The second-order valence-corrected chi connectivity index (χ2v) is 7.11. The van der Waals surface area contributed by atoms with Crippen LogP contribution >= 0.6 is 7.94 Å². The van der Waals surface area contributed by atoms with Gasteiger partial charge in [0, 0.05) is 0 Å². The van der Waals surface area contributed by atoms with Crippen LogP contribution in [0.15, 0.2) is 0 Å². The molecule has 0 unspecified atom stereocenters. The summed E-state index contributed by atoms with van der Waals surface area (Å²) in [6, 6.07) is 0. The first-order valence-corrected chi connectivity index (χ1v) is 9.28. The maximum absolute atomic E-state index is 8.81. The zero-order valence-electron chi connectivity index (χ0n) is 11.3. The molecule has 4 heteroatoms. The van der Waals surface area contributed by atoms with Gasteiger partial charge in [-0.05, 0) is 0 Å². The third-order valence-corrected chi connectivity index (χ3v) is 4.14. The minimum atomic E-state index is -3.75. The van der Waals surface area contributed by atoms with E-state index in [4.69, 9.17) is 14.7 Å². The van der Waals surface area contributed by atoms with Gasteiger partial charge in [-0.15, -0.1) is 0 Å². The first kappa shape index (κ1) is 17.3. The molecule has 3 nitrogen and oxygen atoms in total. The molecule has 0 aliphatic rings. The summed E-state index contributed by atoms with van der Waals surface area (Å²) in [7, 11) is -3.75. The Morgan fingerprint density at radius 2 is 0.941 bits per heavy atom. The van der Waals surface area contributed by atoms with E-state index in [2.05, 4.69) is 6.92 Å². The van der Waals surface area contributed by atoms with Crippen molar-refractivity contribution in [3.63, 3.8) is 0 Å². The van der Waals surface area contributed by atoms with Gasteiger partial charge < -0.3 is 0 Å². The van der Waals surface area contributed by atoms with Crippen molar-refractivity contribution in [3.05, 3.63) is 0 Å². The van der Waals surface area contributed by atoms with Crippen LogP contribution in [0.25, 0.3) is 0 Å². The molecule has 0 fully saturated rings. The van der Waals surface area contributed by atoms with Crippen LogP contribution in [0.4, 0.5) is 0 Å². The van der Waals surface area contributed by atoms with Crippen LogP contribution in [-0.2, 0) is 0 Å². The first-order valence-electron chi connectivity index (χ1n) is 7.23. The van der Waals surface area contributed by atoms with Gasteiger partial charge in [0.1, 0.15) is 0 Å². The molecular formula is C13H31O3P. The van der Waals surface area contributed by atoms with Crippen LogP contribution in [0.2, 0.25) is 0 Å². The Bertz CT molecular complexity index is 157. The van der Waals surface area contributed by atoms with E-state index in [1.165, 1.54) is 51.4 Å². The normalized spacial score (nSPS) is 12.9. The second-order valence-electron chi connectivity index (χ2n) is 5.06. The molecule has 0 amide bonds. The Hall–Kier alpha value is 0.310. The molecule has 0 aromatic heterocycles. The summed E-state index contributed by atoms with van der Waals surface area (Å²) in [4.78, 5) is 26.4. The Labute approximate surface area is 107 Å². The zero-order valence-corrected chi connectivity index (χ0v) is 12.3. The fraction of sp³-hybridized carbons (Fsp3) is 1.00. The Morgan fingerprint density at radius 1 is 0.588 bits per heavy atom. The molecule has 0 aliphatic carbocycles. The van der Waals surface area contributed by atoms with E-state index in [1.54, 1.807) is 0 Å². The van der Waals surface area contributed by atoms with Crippen LogP contribution in [0.1, 0.15) is 77.6 Å². The van der Waals surface area contributed by atoms with Crippen molar-refractivity contribution in [2.24, 2.45) is 0 Å². The van der Waals surface area contributed by atoms with Gasteiger partial charge in [0.15, 0.2) is 0 Å². The second kappa shape index (κ2) is 11.4. The number of rotatable bonds is 12. The van der Waals surface area contributed by atoms with Gasteiger partial charge in [-0.3, -0.25) is 0 Å². The molecule has 0 bridgehead atoms. The van der Waals surface area contributed by atoms with E-state index < -0.39 is 7.94 Å². The van der Waals surface area contributed by atoms with Crippen LogP contribution in [0.3, 0.4) is 0 Å². The molecule has 0 aromatic rings. The molecule has 0 rings (SSSR count). The third-order valence-electron chi connectivity index (χ3n) is 3.12. The molecule has 106 valence electrons. The monoisotopic (exact) mass is 266 g/mol. The molecular weight excluding hydrogens is 235 g/mol. The molecule has 0 heterocycles. The summed E-state index contributed by atoms with van der Waals surface area (Å²) < 4.78 is 0. The molecule has 0 aromatic carbocycles. The SMILES string of the molecule is CCCCCCCCCCCCC[PH](O)(O)O. The van der Waals surface area contributed by atoms with E-state index in [1.807, 2.05) is 0 Å². The number of unbranched alkanes of at least 4 members (excludes halogenated alkanes) is 10. The molecule has 0 atom stereocenters. The molecule has 0 aliphatic heterocycles. The van der Waals surface area contributed by atoms with E-state index in [0.717, 1.165) is 19.3 Å². The van der Waals surface area contributed by atoms with Gasteiger partial charge in [-0.2, -0.15) is 0 Å². The molecule has 3 N–H and O–H groups in total. The Morgan fingerprint density at radius 3 is 1.29 bits per heavy atom. The van der Waals surface area contributed by atoms with Crippen molar-refractivity contribution in [3.8, 4) is 0 Å². The summed E-state index contributed by atoms with van der Waals surface area (Å²) in [5.41, 5.74) is 0. The van der Waals surface area contributed by atoms with E-state index >= 15 is 0 Å². The summed E-state index contributed by atoms with van der Waals surface area (Å²) in [5.74, 6) is 0. The van der Waals surface area contributed by atoms with E-state index in [-0.39, 0.29) is 6.16 Å². The van der Waals surface area contributed by atoms with Crippen LogP contribution < -0.4 is 0 Å². The van der Waals surface area contributed by atoms with Crippen LogP contribution in [0.5, 0.6) is 0 Å². The fourth-order valence-corrected chi connectivity index (χ4v) is 2.75. The summed E-state index contributed by atoms with van der Waals surface area (Å²) in [6.07, 6.45) is 13.8. The van der Waals surface area contributed by atoms with Crippen LogP contribution in [0, 0.1) is 0 Å². The number of hydrogen-bond acceptors (Lipinski definition) is 3. The van der Waals surface area contributed by atoms with E-state index in [0.29, 0.717) is 0 Å². The van der Waals surface area contributed by atoms with Crippen molar-refractivity contribution in [1.82, 2.24) is 0 Å². The Kier molecular flexibility index (Phi) is 11.6. The predicted molar refractivity (Wildman–Crippen MR) is 76.3 cm³/mol. The molecule has 0 saturated carbocycles.